The molecule has 3 heterocycles. The molecule has 7 nitrogen and oxygen atoms in total. The number of aliphatic hydroxyl groups is 1. The van der Waals surface area contributed by atoms with Gasteiger partial charge < -0.3 is 26.0 Å². The van der Waals surface area contributed by atoms with Crippen molar-refractivity contribution in [2.24, 2.45) is 0 Å². The molecule has 20 heavy (non-hydrogen) atoms. The number of aliphatic hydroxyl groups excluding tert-OH is 1. The number of piperidine rings is 1. The van der Waals surface area contributed by atoms with Crippen LogP contribution in [0.25, 0.3) is 0 Å². The third-order valence-electron chi connectivity index (χ3n) is 3.90. The first kappa shape index (κ1) is 13.2. The lowest BCUT2D eigenvalue weighted by Gasteiger charge is -2.35. The van der Waals surface area contributed by atoms with E-state index in [9.17, 15) is 5.11 Å². The van der Waals surface area contributed by atoms with Crippen molar-refractivity contribution in [1.29, 1.82) is 0 Å². The molecule has 1 fully saturated rings. The number of fused-ring (bicyclic) bond motifs is 1. The highest BCUT2D eigenvalue weighted by Crippen LogP contribution is 2.36. The van der Waals surface area contributed by atoms with Gasteiger partial charge in [0.2, 0.25) is 5.95 Å². The fourth-order valence-corrected chi connectivity index (χ4v) is 2.94. The van der Waals surface area contributed by atoms with E-state index in [0.717, 1.165) is 43.5 Å². The summed E-state index contributed by atoms with van der Waals surface area (Å²) < 4.78 is 0. The molecule has 0 saturated carbocycles. The molecule has 1 aromatic rings. The van der Waals surface area contributed by atoms with Crippen LogP contribution < -0.4 is 20.9 Å². The summed E-state index contributed by atoms with van der Waals surface area (Å²) in [7, 11) is 0. The van der Waals surface area contributed by atoms with Crippen LogP contribution in [0.15, 0.2) is 0 Å². The topological polar surface area (TPSA) is 90.5 Å². The smallest absolute Gasteiger partial charge is 0.224 e. The third-order valence-corrected chi connectivity index (χ3v) is 3.90. The molecule has 0 atom stereocenters. The van der Waals surface area contributed by atoms with Crippen molar-refractivity contribution in [3.8, 4) is 0 Å². The number of anilines is 4. The van der Waals surface area contributed by atoms with E-state index >= 15 is 0 Å². The van der Waals surface area contributed by atoms with Gasteiger partial charge in [-0.15, -0.1) is 0 Å². The monoisotopic (exact) mass is 278 g/mol. The Balaban J connectivity index is 1.97. The molecular weight excluding hydrogens is 256 g/mol. The van der Waals surface area contributed by atoms with Crippen molar-refractivity contribution < 1.29 is 5.11 Å². The highest BCUT2D eigenvalue weighted by molar-refractivity contribution is 5.81. The Morgan fingerprint density at radius 2 is 1.85 bits per heavy atom. The number of nitrogens with two attached hydrogens (primary N) is 1. The first-order valence-corrected chi connectivity index (χ1v) is 7.32. The van der Waals surface area contributed by atoms with Gasteiger partial charge in [-0.3, -0.25) is 0 Å². The number of hydrogen-bond acceptors (Lipinski definition) is 7. The van der Waals surface area contributed by atoms with Crippen LogP contribution in [0.1, 0.15) is 19.3 Å². The summed E-state index contributed by atoms with van der Waals surface area (Å²) >= 11 is 0. The number of nitrogen functional groups attached to an aromatic ring is 1. The largest absolute Gasteiger partial charge is 0.395 e. The molecule has 2 aliphatic heterocycles. The highest BCUT2D eigenvalue weighted by atomic mass is 16.3. The van der Waals surface area contributed by atoms with Crippen LogP contribution in [0.2, 0.25) is 0 Å². The van der Waals surface area contributed by atoms with Crippen LogP contribution in [0.5, 0.6) is 0 Å². The summed E-state index contributed by atoms with van der Waals surface area (Å²) in [5, 5.41) is 12.6. The normalized spacial score (nSPS) is 18.6. The van der Waals surface area contributed by atoms with E-state index in [0.29, 0.717) is 12.5 Å². The minimum atomic E-state index is 0.113. The molecule has 4 N–H and O–H groups in total. The summed E-state index contributed by atoms with van der Waals surface area (Å²) in [5.41, 5.74) is 6.84. The number of hydrogen-bond donors (Lipinski definition) is 3. The molecule has 7 heteroatoms. The maximum absolute atomic E-state index is 9.18. The molecule has 1 aromatic heterocycles. The minimum absolute atomic E-state index is 0.113. The summed E-state index contributed by atoms with van der Waals surface area (Å²) in [4.78, 5) is 13.2. The predicted molar refractivity (Wildman–Crippen MR) is 80.3 cm³/mol. The number of nitrogens with one attached hydrogen (secondary N) is 1. The lowest BCUT2D eigenvalue weighted by Crippen LogP contribution is -2.39. The molecule has 0 amide bonds. The zero-order valence-corrected chi connectivity index (χ0v) is 11.7. The van der Waals surface area contributed by atoms with Crippen LogP contribution >= 0.6 is 0 Å². The van der Waals surface area contributed by atoms with Gasteiger partial charge in [-0.05, 0) is 19.3 Å². The Bertz CT molecular complexity index is 474. The van der Waals surface area contributed by atoms with E-state index in [2.05, 4.69) is 25.1 Å². The molecule has 0 aliphatic carbocycles. The van der Waals surface area contributed by atoms with Gasteiger partial charge in [0.15, 0.2) is 11.6 Å². The lowest BCUT2D eigenvalue weighted by molar-refractivity contribution is 0.301. The fourth-order valence-electron chi connectivity index (χ4n) is 2.94. The van der Waals surface area contributed by atoms with Gasteiger partial charge in [-0.25, -0.2) is 0 Å². The number of nitrogens with zero attached hydrogens (tertiary/aromatic N) is 4. The van der Waals surface area contributed by atoms with Crippen LogP contribution in [0, 0.1) is 0 Å². The summed E-state index contributed by atoms with van der Waals surface area (Å²) in [5.74, 6) is 2.03. The second-order valence-electron chi connectivity index (χ2n) is 5.29. The maximum Gasteiger partial charge on any atom is 0.224 e. The molecule has 0 bridgehead atoms. The van der Waals surface area contributed by atoms with E-state index in [1.165, 1.54) is 19.3 Å². The predicted octanol–water partition coefficient (Wildman–Crippen LogP) is 0.273. The average molecular weight is 278 g/mol. The molecule has 0 aromatic carbocycles. The maximum atomic E-state index is 9.18. The molecular formula is C13H22N6O. The minimum Gasteiger partial charge on any atom is -0.395 e. The number of aromatic nitrogens is 2. The van der Waals surface area contributed by atoms with Crippen molar-refractivity contribution in [2.75, 3.05) is 60.2 Å². The zero-order valence-electron chi connectivity index (χ0n) is 11.7. The van der Waals surface area contributed by atoms with Crippen LogP contribution in [0.4, 0.5) is 23.3 Å². The molecule has 3 rings (SSSR count). The van der Waals surface area contributed by atoms with Crippen molar-refractivity contribution >= 4 is 23.3 Å². The van der Waals surface area contributed by atoms with Crippen LogP contribution in [-0.2, 0) is 0 Å². The Labute approximate surface area is 118 Å². The van der Waals surface area contributed by atoms with Crippen molar-refractivity contribution in [3.63, 3.8) is 0 Å². The first-order valence-electron chi connectivity index (χ1n) is 7.32. The van der Waals surface area contributed by atoms with E-state index < -0.39 is 0 Å². The standard InChI is InChI=1S/C13H22N6O/c14-13-16-11(18-5-2-1-3-6-18)10-12(17-13)19(8-9-20)7-4-15-10/h15,20H,1-9H2,(H2,14,16,17). The average Bonchev–Trinajstić information content (AvgIpc) is 2.48. The SMILES string of the molecule is Nc1nc(N2CCCCC2)c2c(n1)N(CCO)CCN2. The lowest BCUT2D eigenvalue weighted by atomic mass is 10.1. The Morgan fingerprint density at radius 3 is 2.60 bits per heavy atom. The van der Waals surface area contributed by atoms with Gasteiger partial charge in [0.25, 0.3) is 0 Å². The van der Waals surface area contributed by atoms with Crippen LogP contribution in [-0.4, -0.2) is 54.4 Å². The van der Waals surface area contributed by atoms with Gasteiger partial charge in [-0.2, -0.15) is 9.97 Å². The number of β-amino-alcohol motifs (C(OH)–C–C–N with tert-alkyl or cyclic N) is 1. The van der Waals surface area contributed by atoms with Crippen molar-refractivity contribution in [3.05, 3.63) is 0 Å². The zero-order chi connectivity index (χ0) is 13.9. The fraction of sp³-hybridized carbons (Fsp3) is 0.692. The summed E-state index contributed by atoms with van der Waals surface area (Å²) in [6, 6.07) is 0. The second-order valence-corrected chi connectivity index (χ2v) is 5.29. The molecule has 0 radical (unpaired) electrons. The van der Waals surface area contributed by atoms with Gasteiger partial charge in [0.1, 0.15) is 5.69 Å². The Hall–Kier alpha value is -1.76. The van der Waals surface area contributed by atoms with Crippen LogP contribution in [0.3, 0.4) is 0 Å². The molecule has 1 saturated heterocycles. The molecule has 0 unspecified atom stereocenters. The first-order chi connectivity index (χ1) is 9.79. The van der Waals surface area contributed by atoms with E-state index in [1.807, 2.05) is 0 Å². The molecule has 0 spiro atoms. The second kappa shape index (κ2) is 5.70. The summed E-state index contributed by atoms with van der Waals surface area (Å²) in [6.45, 7) is 4.38. The van der Waals surface area contributed by atoms with E-state index in [-0.39, 0.29) is 6.61 Å². The van der Waals surface area contributed by atoms with Crippen molar-refractivity contribution in [1.82, 2.24) is 9.97 Å². The Kier molecular flexibility index (Phi) is 3.77. The highest BCUT2D eigenvalue weighted by Gasteiger charge is 2.26. The van der Waals surface area contributed by atoms with Gasteiger partial charge in [0.05, 0.1) is 6.61 Å². The molecule has 110 valence electrons. The van der Waals surface area contributed by atoms with Gasteiger partial charge >= 0.3 is 0 Å². The quantitative estimate of drug-likeness (QED) is 0.731. The summed E-state index contributed by atoms with van der Waals surface area (Å²) in [6.07, 6.45) is 3.67. The van der Waals surface area contributed by atoms with E-state index in [4.69, 9.17) is 5.73 Å². The van der Waals surface area contributed by atoms with Gasteiger partial charge in [-0.1, -0.05) is 0 Å². The van der Waals surface area contributed by atoms with Crippen molar-refractivity contribution in [2.45, 2.75) is 19.3 Å². The van der Waals surface area contributed by atoms with E-state index in [1.54, 1.807) is 0 Å². The third kappa shape index (κ3) is 2.45. The molecule has 2 aliphatic rings. The van der Waals surface area contributed by atoms with Gasteiger partial charge in [0, 0.05) is 32.7 Å². The Morgan fingerprint density at radius 1 is 1.10 bits per heavy atom. The number of rotatable bonds is 3.